The molecule has 0 bridgehead atoms. The van der Waals surface area contributed by atoms with Gasteiger partial charge in [-0.2, -0.15) is 0 Å². The summed E-state index contributed by atoms with van der Waals surface area (Å²) in [5.74, 6) is -1.32. The third-order valence-electron chi connectivity index (χ3n) is 3.04. The van der Waals surface area contributed by atoms with E-state index < -0.39 is 11.6 Å². The van der Waals surface area contributed by atoms with Gasteiger partial charge >= 0.3 is 35.7 Å². The summed E-state index contributed by atoms with van der Waals surface area (Å²) >= 11 is 1.01. The molecule has 2 rings (SSSR count). The fourth-order valence-electron chi connectivity index (χ4n) is 2.15. The minimum Gasteiger partial charge on any atom is -0.542 e. The zero-order chi connectivity index (χ0) is 15.6. The second kappa shape index (κ2) is 7.72. The van der Waals surface area contributed by atoms with Crippen LogP contribution in [0.4, 0.5) is 4.79 Å². The molecule has 0 N–H and O–H groups in total. The number of carbonyl (C=O) groups excluding carboxylic acids is 2. The fourth-order valence-corrected chi connectivity index (χ4v) is 2.96. The van der Waals surface area contributed by atoms with Gasteiger partial charge in [-0.3, -0.25) is 0 Å². The summed E-state index contributed by atoms with van der Waals surface area (Å²) in [5, 5.41) is 18.7. The molecule has 22 heavy (non-hydrogen) atoms. The smallest absolute Gasteiger partial charge is 0.542 e. The normalized spacial score (nSPS) is 18.5. The first-order valence-corrected chi connectivity index (χ1v) is 7.60. The van der Waals surface area contributed by atoms with Crippen LogP contribution in [0.3, 0.4) is 0 Å². The monoisotopic (exact) mass is 335 g/mol. The molecule has 0 radical (unpaired) electrons. The van der Waals surface area contributed by atoms with Crippen LogP contribution >= 0.6 is 11.3 Å². The molecule has 9 heteroatoms. The summed E-state index contributed by atoms with van der Waals surface area (Å²) in [4.78, 5) is 24.4. The molecule has 0 aromatic carbocycles. The molecule has 1 saturated heterocycles. The molecular weight excluding hydrogens is 317 g/mol. The quantitative estimate of drug-likeness (QED) is 0.581. The summed E-state index contributed by atoms with van der Waals surface area (Å²) in [6.45, 7) is 6.57. The average molecular weight is 335 g/mol. The number of nitrogens with zero attached hydrogens (tertiary/aromatic N) is 3. The Labute approximate surface area is 155 Å². The van der Waals surface area contributed by atoms with Crippen LogP contribution in [0.2, 0.25) is 0 Å². The molecule has 2 heterocycles. The van der Waals surface area contributed by atoms with E-state index in [-0.39, 0.29) is 46.6 Å². The molecule has 1 unspecified atom stereocenters. The first kappa shape index (κ1) is 19.3. The van der Waals surface area contributed by atoms with Gasteiger partial charge in [-0.1, -0.05) is 11.3 Å². The molecule has 7 nitrogen and oxygen atoms in total. The molecule has 1 aliphatic rings. The summed E-state index contributed by atoms with van der Waals surface area (Å²) in [6.07, 6.45) is 1.32. The summed E-state index contributed by atoms with van der Waals surface area (Å²) in [7, 11) is 0. The Kier molecular flexibility index (Phi) is 6.79. The van der Waals surface area contributed by atoms with E-state index in [2.05, 4.69) is 10.2 Å². The number of ether oxygens (including phenoxy) is 1. The number of aromatic nitrogens is 2. The molecule has 1 aliphatic heterocycles. The van der Waals surface area contributed by atoms with Gasteiger partial charge in [0.2, 0.25) is 0 Å². The van der Waals surface area contributed by atoms with Gasteiger partial charge in [0.15, 0.2) is 5.01 Å². The molecule has 1 fully saturated rings. The number of amides is 1. The molecule has 1 aromatic rings. The number of carboxylic acid groups (broad SMARTS) is 1. The minimum absolute atomic E-state index is 0. The van der Waals surface area contributed by atoms with Gasteiger partial charge in [-0.25, -0.2) is 4.79 Å². The maximum Gasteiger partial charge on any atom is 1.00 e. The van der Waals surface area contributed by atoms with E-state index in [9.17, 15) is 14.7 Å². The van der Waals surface area contributed by atoms with Gasteiger partial charge in [-0.05, 0) is 33.6 Å². The average Bonchev–Trinajstić information content (AvgIpc) is 2.86. The van der Waals surface area contributed by atoms with E-state index >= 15 is 0 Å². The Morgan fingerprint density at radius 1 is 1.36 bits per heavy atom. The van der Waals surface area contributed by atoms with Crippen LogP contribution in [0.15, 0.2) is 0 Å². The Morgan fingerprint density at radius 2 is 2.05 bits per heavy atom. The van der Waals surface area contributed by atoms with Crippen molar-refractivity contribution in [3.05, 3.63) is 10.0 Å². The number of hydrogen-bond donors (Lipinski definition) is 0. The number of carbonyl (C=O) groups is 2. The molecular formula is C13H18N3NaO4S. The number of carboxylic acids is 1. The molecule has 1 atom stereocenters. The zero-order valence-corrected chi connectivity index (χ0v) is 16.1. The van der Waals surface area contributed by atoms with Crippen molar-refractivity contribution in [3.8, 4) is 0 Å². The van der Waals surface area contributed by atoms with Gasteiger partial charge in [0.1, 0.15) is 16.6 Å². The standard InChI is InChI=1S/C13H19N3O4S.Na/c1-13(2,3)20-12(19)16-6-4-5-8(7-16)9-14-15-10(21-9)11(17)18;/h8H,4-7H2,1-3H3,(H,17,18);/q;+1/p-1. The summed E-state index contributed by atoms with van der Waals surface area (Å²) in [5.41, 5.74) is -0.533. The maximum atomic E-state index is 12.1. The number of piperidine rings is 1. The van der Waals surface area contributed by atoms with E-state index in [1.165, 1.54) is 0 Å². The number of hydrogen-bond acceptors (Lipinski definition) is 7. The van der Waals surface area contributed by atoms with Crippen LogP contribution in [-0.4, -0.2) is 45.9 Å². The van der Waals surface area contributed by atoms with E-state index in [1.54, 1.807) is 4.90 Å². The van der Waals surface area contributed by atoms with Crippen molar-refractivity contribution < 1.29 is 49.0 Å². The van der Waals surface area contributed by atoms with Gasteiger partial charge in [0, 0.05) is 19.0 Å². The van der Waals surface area contributed by atoms with E-state index in [4.69, 9.17) is 4.74 Å². The van der Waals surface area contributed by atoms with Crippen molar-refractivity contribution in [3.63, 3.8) is 0 Å². The third-order valence-corrected chi connectivity index (χ3v) is 4.10. The second-order valence-electron chi connectivity index (χ2n) is 6.00. The van der Waals surface area contributed by atoms with E-state index in [0.29, 0.717) is 18.1 Å². The van der Waals surface area contributed by atoms with Gasteiger partial charge in [-0.15, -0.1) is 10.2 Å². The number of rotatable bonds is 2. The van der Waals surface area contributed by atoms with E-state index in [1.807, 2.05) is 20.8 Å². The van der Waals surface area contributed by atoms with Crippen molar-refractivity contribution >= 4 is 23.4 Å². The largest absolute Gasteiger partial charge is 1.00 e. The van der Waals surface area contributed by atoms with Gasteiger partial charge < -0.3 is 19.5 Å². The Balaban J connectivity index is 0.00000242. The van der Waals surface area contributed by atoms with Crippen LogP contribution < -0.4 is 34.7 Å². The molecule has 1 aromatic heterocycles. The molecule has 0 saturated carbocycles. The SMILES string of the molecule is CC(C)(C)OC(=O)N1CCCC(c2nnc(C(=O)[O-])s2)C1.[Na+]. The Hall–Kier alpha value is -0.700. The fraction of sp³-hybridized carbons (Fsp3) is 0.692. The van der Waals surface area contributed by atoms with Crippen molar-refractivity contribution in [2.45, 2.75) is 45.1 Å². The van der Waals surface area contributed by atoms with Gasteiger partial charge in [0.25, 0.3) is 0 Å². The number of likely N-dealkylation sites (tertiary alicyclic amines) is 1. The van der Waals surface area contributed by atoms with Crippen molar-refractivity contribution in [2.24, 2.45) is 0 Å². The maximum absolute atomic E-state index is 12.1. The topological polar surface area (TPSA) is 95.5 Å². The number of aromatic carboxylic acids is 1. The Bertz CT molecular complexity index is 544. The molecule has 116 valence electrons. The van der Waals surface area contributed by atoms with Crippen LogP contribution in [-0.2, 0) is 4.74 Å². The first-order chi connectivity index (χ1) is 9.76. The second-order valence-corrected chi connectivity index (χ2v) is 7.01. The van der Waals surface area contributed by atoms with Crippen LogP contribution in [0.5, 0.6) is 0 Å². The Morgan fingerprint density at radius 3 is 2.59 bits per heavy atom. The van der Waals surface area contributed by atoms with E-state index in [0.717, 1.165) is 24.2 Å². The third kappa shape index (κ3) is 5.19. The first-order valence-electron chi connectivity index (χ1n) is 6.79. The summed E-state index contributed by atoms with van der Waals surface area (Å²) < 4.78 is 5.36. The van der Waals surface area contributed by atoms with Crippen molar-refractivity contribution in [2.75, 3.05) is 13.1 Å². The molecule has 1 amide bonds. The van der Waals surface area contributed by atoms with Crippen LogP contribution in [0.1, 0.15) is 54.3 Å². The van der Waals surface area contributed by atoms with Crippen LogP contribution in [0.25, 0.3) is 0 Å². The van der Waals surface area contributed by atoms with Crippen molar-refractivity contribution in [1.82, 2.24) is 15.1 Å². The zero-order valence-electron chi connectivity index (χ0n) is 13.3. The molecule has 0 aliphatic carbocycles. The van der Waals surface area contributed by atoms with Gasteiger partial charge in [0.05, 0.1) is 0 Å². The van der Waals surface area contributed by atoms with Crippen LogP contribution in [0, 0.1) is 0 Å². The minimum atomic E-state index is -1.32. The summed E-state index contributed by atoms with van der Waals surface area (Å²) in [6, 6.07) is 0. The molecule has 0 spiro atoms. The predicted octanol–water partition coefficient (Wildman–Crippen LogP) is -1.98. The predicted molar refractivity (Wildman–Crippen MR) is 74.0 cm³/mol. The van der Waals surface area contributed by atoms with Crippen molar-refractivity contribution in [1.29, 1.82) is 0 Å².